The molecule has 0 aromatic carbocycles. The van der Waals surface area contributed by atoms with Crippen LogP contribution in [-0.4, -0.2) is 0 Å². The fourth-order valence-corrected chi connectivity index (χ4v) is 5.34. The van der Waals surface area contributed by atoms with Gasteiger partial charge in [0.2, 0.25) is 0 Å². The van der Waals surface area contributed by atoms with Gasteiger partial charge in [0.15, 0.2) is 0 Å². The van der Waals surface area contributed by atoms with Crippen molar-refractivity contribution >= 4 is 0 Å². The highest BCUT2D eigenvalue weighted by Crippen LogP contribution is 2.46. The zero-order valence-corrected chi connectivity index (χ0v) is 17.2. The molecule has 25 heavy (non-hydrogen) atoms. The average molecular weight is 341 g/mol. The third kappa shape index (κ3) is 5.47. The second-order valence-corrected chi connectivity index (χ2v) is 9.56. The Morgan fingerprint density at radius 1 is 0.520 bits per heavy atom. The summed E-state index contributed by atoms with van der Waals surface area (Å²) in [7, 11) is 0. The van der Waals surface area contributed by atoms with Crippen molar-refractivity contribution in [2.75, 3.05) is 0 Å². The standard InChI is InChI=1S/C25H40/c1-16(2)22-10-20(11-23(14-22)17(3)4)9-21-12-24(18(5)6)15-25(13-21)19(7)8/h20-25H,1,3,5,7,9-15H2,2,4,6,8H3. The molecule has 0 radical (unpaired) electrons. The summed E-state index contributed by atoms with van der Waals surface area (Å²) in [4.78, 5) is 0. The molecule has 140 valence electrons. The second kappa shape index (κ2) is 8.56. The molecule has 2 aliphatic rings. The van der Waals surface area contributed by atoms with Crippen molar-refractivity contribution in [3.05, 3.63) is 48.6 Å². The Morgan fingerprint density at radius 3 is 0.960 bits per heavy atom. The van der Waals surface area contributed by atoms with Crippen LogP contribution in [0.5, 0.6) is 0 Å². The van der Waals surface area contributed by atoms with Crippen LogP contribution in [0, 0.1) is 35.5 Å². The second-order valence-electron chi connectivity index (χ2n) is 9.56. The molecule has 0 aromatic heterocycles. The van der Waals surface area contributed by atoms with Gasteiger partial charge in [-0.25, -0.2) is 0 Å². The lowest BCUT2D eigenvalue weighted by molar-refractivity contribution is 0.159. The van der Waals surface area contributed by atoms with Crippen LogP contribution < -0.4 is 0 Å². The van der Waals surface area contributed by atoms with Gasteiger partial charge in [0.25, 0.3) is 0 Å². The fourth-order valence-electron chi connectivity index (χ4n) is 5.34. The minimum Gasteiger partial charge on any atom is -0.0999 e. The molecule has 2 aliphatic carbocycles. The summed E-state index contributed by atoms with van der Waals surface area (Å²) >= 11 is 0. The van der Waals surface area contributed by atoms with Gasteiger partial charge in [-0.1, -0.05) is 48.6 Å². The van der Waals surface area contributed by atoms with Gasteiger partial charge in [0.05, 0.1) is 0 Å². The first-order valence-electron chi connectivity index (χ1n) is 10.3. The monoisotopic (exact) mass is 340 g/mol. The van der Waals surface area contributed by atoms with Crippen molar-refractivity contribution in [3.63, 3.8) is 0 Å². The van der Waals surface area contributed by atoms with Gasteiger partial charge in [0, 0.05) is 0 Å². The van der Waals surface area contributed by atoms with Gasteiger partial charge < -0.3 is 0 Å². The van der Waals surface area contributed by atoms with Crippen molar-refractivity contribution in [1.82, 2.24) is 0 Å². The van der Waals surface area contributed by atoms with Crippen molar-refractivity contribution in [3.8, 4) is 0 Å². The summed E-state index contributed by atoms with van der Waals surface area (Å²) in [6, 6.07) is 0. The van der Waals surface area contributed by atoms with Crippen LogP contribution in [0.25, 0.3) is 0 Å². The van der Waals surface area contributed by atoms with E-state index in [0.717, 1.165) is 11.8 Å². The number of allylic oxidation sites excluding steroid dienone is 4. The third-order valence-corrected chi connectivity index (χ3v) is 7.06. The van der Waals surface area contributed by atoms with Crippen LogP contribution >= 0.6 is 0 Å². The number of hydrogen-bond donors (Lipinski definition) is 0. The van der Waals surface area contributed by atoms with E-state index in [-0.39, 0.29) is 0 Å². The van der Waals surface area contributed by atoms with Crippen molar-refractivity contribution < 1.29 is 0 Å². The normalized spacial score (nSPS) is 35.8. The van der Waals surface area contributed by atoms with Crippen LogP contribution in [0.1, 0.15) is 72.6 Å². The van der Waals surface area contributed by atoms with Gasteiger partial charge in [-0.05, 0) is 108 Å². The lowest BCUT2D eigenvalue weighted by Gasteiger charge is -2.41. The summed E-state index contributed by atoms with van der Waals surface area (Å²) in [5.41, 5.74) is 5.50. The molecule has 0 nitrogen and oxygen atoms in total. The average Bonchev–Trinajstić information content (AvgIpc) is 2.53. The van der Waals surface area contributed by atoms with Crippen LogP contribution in [0.4, 0.5) is 0 Å². The number of hydrogen-bond acceptors (Lipinski definition) is 0. The van der Waals surface area contributed by atoms with Crippen LogP contribution in [0.2, 0.25) is 0 Å². The van der Waals surface area contributed by atoms with Gasteiger partial charge in [0.1, 0.15) is 0 Å². The zero-order valence-electron chi connectivity index (χ0n) is 17.2. The summed E-state index contributed by atoms with van der Waals surface area (Å²) in [6.45, 7) is 26.0. The highest BCUT2D eigenvalue weighted by molar-refractivity contribution is 5.09. The van der Waals surface area contributed by atoms with E-state index in [0.29, 0.717) is 23.7 Å². The van der Waals surface area contributed by atoms with Crippen molar-refractivity contribution in [2.45, 2.75) is 72.6 Å². The first-order valence-corrected chi connectivity index (χ1v) is 10.3. The van der Waals surface area contributed by atoms with Gasteiger partial charge >= 0.3 is 0 Å². The molecule has 0 N–H and O–H groups in total. The van der Waals surface area contributed by atoms with Crippen LogP contribution in [0.3, 0.4) is 0 Å². The molecule has 0 heteroatoms. The summed E-state index contributed by atoms with van der Waals surface area (Å²) in [6.07, 6.45) is 9.27. The maximum absolute atomic E-state index is 4.27. The Morgan fingerprint density at radius 2 is 0.760 bits per heavy atom. The molecule has 0 saturated heterocycles. The van der Waals surface area contributed by atoms with E-state index >= 15 is 0 Å². The van der Waals surface area contributed by atoms with E-state index < -0.39 is 0 Å². The Balaban J connectivity index is 2.07. The molecular formula is C25H40. The van der Waals surface area contributed by atoms with E-state index in [2.05, 4.69) is 54.0 Å². The SMILES string of the molecule is C=C(C)C1CC(CC2CC(C(=C)C)CC(C(=C)C)C2)CC(C(=C)C)C1. The molecule has 0 aromatic rings. The lowest BCUT2D eigenvalue weighted by atomic mass is 9.64. The topological polar surface area (TPSA) is 0 Å². The Bertz CT molecular complexity index is 442. The summed E-state index contributed by atoms with van der Waals surface area (Å²) in [5, 5.41) is 0. The summed E-state index contributed by atoms with van der Waals surface area (Å²) in [5.74, 6) is 4.43. The first kappa shape index (κ1) is 20.3. The first-order chi connectivity index (χ1) is 11.7. The van der Waals surface area contributed by atoms with Crippen LogP contribution in [0.15, 0.2) is 48.6 Å². The highest BCUT2D eigenvalue weighted by atomic mass is 14.4. The molecule has 2 rings (SSSR count). The van der Waals surface area contributed by atoms with E-state index in [9.17, 15) is 0 Å². The van der Waals surface area contributed by atoms with Crippen molar-refractivity contribution in [1.29, 1.82) is 0 Å². The maximum Gasteiger partial charge on any atom is -0.0200 e. The van der Waals surface area contributed by atoms with E-state index in [1.165, 1.54) is 67.2 Å². The quantitative estimate of drug-likeness (QED) is 0.434. The van der Waals surface area contributed by atoms with Gasteiger partial charge in [-0.3, -0.25) is 0 Å². The zero-order chi connectivity index (χ0) is 18.7. The molecular weight excluding hydrogens is 300 g/mol. The molecule has 0 amide bonds. The van der Waals surface area contributed by atoms with E-state index in [1.54, 1.807) is 0 Å². The molecule has 2 fully saturated rings. The van der Waals surface area contributed by atoms with Crippen LogP contribution in [-0.2, 0) is 0 Å². The highest BCUT2D eigenvalue weighted by Gasteiger charge is 2.34. The van der Waals surface area contributed by atoms with Crippen molar-refractivity contribution in [2.24, 2.45) is 35.5 Å². The minimum absolute atomic E-state index is 0.693. The van der Waals surface area contributed by atoms with E-state index in [1.807, 2.05) is 0 Å². The number of rotatable bonds is 6. The minimum atomic E-state index is 0.693. The Labute approximate surface area is 157 Å². The molecule has 0 spiro atoms. The summed E-state index contributed by atoms with van der Waals surface area (Å²) < 4.78 is 0. The Hall–Kier alpha value is -1.04. The smallest absolute Gasteiger partial charge is 0.0200 e. The molecule has 0 aliphatic heterocycles. The third-order valence-electron chi connectivity index (χ3n) is 7.06. The Kier molecular flexibility index (Phi) is 6.94. The molecule has 0 heterocycles. The predicted molar refractivity (Wildman–Crippen MR) is 113 cm³/mol. The van der Waals surface area contributed by atoms with Gasteiger partial charge in [-0.15, -0.1) is 0 Å². The molecule has 2 saturated carbocycles. The van der Waals surface area contributed by atoms with E-state index in [4.69, 9.17) is 0 Å². The fraction of sp³-hybridized carbons (Fsp3) is 0.680. The lowest BCUT2D eigenvalue weighted by Crippen LogP contribution is -2.29. The predicted octanol–water partition coefficient (Wildman–Crippen LogP) is 7.75. The molecule has 0 bridgehead atoms. The largest absolute Gasteiger partial charge is 0.0999 e. The molecule has 4 unspecified atom stereocenters. The molecule has 4 atom stereocenters. The van der Waals surface area contributed by atoms with Gasteiger partial charge in [-0.2, -0.15) is 0 Å². The maximum atomic E-state index is 4.27.